The van der Waals surface area contributed by atoms with Gasteiger partial charge in [0.15, 0.2) is 0 Å². The molecule has 0 aromatic rings. The molecule has 2 fully saturated rings. The van der Waals surface area contributed by atoms with Crippen LogP contribution in [0.15, 0.2) is 0 Å². The quantitative estimate of drug-likeness (QED) is 0.725. The molecule has 0 aromatic heterocycles. The van der Waals surface area contributed by atoms with Crippen LogP contribution in [0.4, 0.5) is 0 Å². The molecule has 0 heterocycles. The van der Waals surface area contributed by atoms with Crippen molar-refractivity contribution >= 4 is 0 Å². The van der Waals surface area contributed by atoms with Crippen LogP contribution in [0.25, 0.3) is 0 Å². The van der Waals surface area contributed by atoms with Crippen molar-refractivity contribution in [2.24, 2.45) is 11.8 Å². The standard InChI is InChI=1S/C13H25N/c1-3-10(2)14-13-9-12(13)11-7-5-4-6-8-11/h10-14H,3-9H2,1-2H3. The summed E-state index contributed by atoms with van der Waals surface area (Å²) in [7, 11) is 0. The zero-order valence-corrected chi connectivity index (χ0v) is 9.76. The normalized spacial score (nSPS) is 35.6. The van der Waals surface area contributed by atoms with Gasteiger partial charge in [-0.2, -0.15) is 0 Å². The van der Waals surface area contributed by atoms with Crippen molar-refractivity contribution in [3.05, 3.63) is 0 Å². The zero-order chi connectivity index (χ0) is 9.97. The van der Waals surface area contributed by atoms with Crippen molar-refractivity contribution in [2.45, 2.75) is 70.9 Å². The molecule has 3 unspecified atom stereocenters. The summed E-state index contributed by atoms with van der Waals surface area (Å²) in [6.07, 6.45) is 10.3. The van der Waals surface area contributed by atoms with E-state index >= 15 is 0 Å². The summed E-state index contributed by atoms with van der Waals surface area (Å²) in [5, 5.41) is 3.75. The Balaban J connectivity index is 1.69. The van der Waals surface area contributed by atoms with Crippen molar-refractivity contribution in [1.82, 2.24) is 5.32 Å². The summed E-state index contributed by atoms with van der Waals surface area (Å²) in [6.45, 7) is 4.59. The maximum absolute atomic E-state index is 3.75. The fourth-order valence-corrected chi connectivity index (χ4v) is 2.97. The first kappa shape index (κ1) is 10.5. The molecule has 2 aliphatic carbocycles. The smallest absolute Gasteiger partial charge is 0.0104 e. The van der Waals surface area contributed by atoms with Crippen LogP contribution in [0.1, 0.15) is 58.8 Å². The molecule has 0 bridgehead atoms. The molecule has 0 radical (unpaired) electrons. The average Bonchev–Trinajstić information content (AvgIpc) is 2.98. The van der Waals surface area contributed by atoms with E-state index in [1.165, 1.54) is 44.9 Å². The minimum atomic E-state index is 0.730. The van der Waals surface area contributed by atoms with Gasteiger partial charge in [-0.15, -0.1) is 0 Å². The van der Waals surface area contributed by atoms with Crippen molar-refractivity contribution in [2.75, 3.05) is 0 Å². The van der Waals surface area contributed by atoms with Crippen LogP contribution in [0.5, 0.6) is 0 Å². The van der Waals surface area contributed by atoms with Crippen LogP contribution in [0, 0.1) is 11.8 Å². The predicted octanol–water partition coefficient (Wildman–Crippen LogP) is 3.34. The maximum atomic E-state index is 3.75. The largest absolute Gasteiger partial charge is 0.311 e. The second kappa shape index (κ2) is 4.65. The third kappa shape index (κ3) is 2.50. The van der Waals surface area contributed by atoms with Gasteiger partial charge < -0.3 is 5.32 Å². The Hall–Kier alpha value is -0.0400. The Bertz CT molecular complexity index is 172. The number of rotatable bonds is 4. The first-order valence-corrected chi connectivity index (χ1v) is 6.57. The molecule has 14 heavy (non-hydrogen) atoms. The molecule has 2 rings (SSSR count). The van der Waals surface area contributed by atoms with E-state index in [0.29, 0.717) is 0 Å². The summed E-state index contributed by atoms with van der Waals surface area (Å²) in [5.74, 6) is 2.12. The van der Waals surface area contributed by atoms with Crippen molar-refractivity contribution < 1.29 is 0 Å². The molecule has 0 saturated heterocycles. The molecule has 0 amide bonds. The lowest BCUT2D eigenvalue weighted by Gasteiger charge is -2.22. The Labute approximate surface area is 88.7 Å². The third-order valence-electron chi connectivity index (χ3n) is 4.21. The lowest BCUT2D eigenvalue weighted by Crippen LogP contribution is -2.29. The Morgan fingerprint density at radius 2 is 1.93 bits per heavy atom. The lowest BCUT2D eigenvalue weighted by atomic mass is 9.85. The number of hydrogen-bond donors (Lipinski definition) is 1. The van der Waals surface area contributed by atoms with Gasteiger partial charge in [-0.25, -0.2) is 0 Å². The van der Waals surface area contributed by atoms with Gasteiger partial charge in [-0.3, -0.25) is 0 Å². The zero-order valence-electron chi connectivity index (χ0n) is 9.76. The highest BCUT2D eigenvalue weighted by molar-refractivity contribution is 4.98. The molecule has 0 aromatic carbocycles. The summed E-state index contributed by atoms with van der Waals surface area (Å²) >= 11 is 0. The minimum Gasteiger partial charge on any atom is -0.311 e. The van der Waals surface area contributed by atoms with Gasteiger partial charge in [0, 0.05) is 12.1 Å². The molecule has 1 N–H and O–H groups in total. The molecule has 3 atom stereocenters. The van der Waals surface area contributed by atoms with Crippen molar-refractivity contribution in [3.8, 4) is 0 Å². The molecule has 1 nitrogen and oxygen atoms in total. The van der Waals surface area contributed by atoms with E-state index in [4.69, 9.17) is 0 Å². The summed E-state index contributed by atoms with van der Waals surface area (Å²) < 4.78 is 0. The highest BCUT2D eigenvalue weighted by atomic mass is 15.0. The number of hydrogen-bond acceptors (Lipinski definition) is 1. The van der Waals surface area contributed by atoms with Gasteiger partial charge in [0.1, 0.15) is 0 Å². The van der Waals surface area contributed by atoms with Gasteiger partial charge in [0.2, 0.25) is 0 Å². The highest BCUT2D eigenvalue weighted by Crippen LogP contribution is 2.44. The monoisotopic (exact) mass is 195 g/mol. The molecule has 2 aliphatic rings. The van der Waals surface area contributed by atoms with E-state index in [9.17, 15) is 0 Å². The first-order chi connectivity index (χ1) is 6.81. The SMILES string of the molecule is CCC(C)NC1CC1C1CCCCC1. The van der Waals surface area contributed by atoms with Gasteiger partial charge in [0.05, 0.1) is 0 Å². The second-order valence-electron chi connectivity index (χ2n) is 5.38. The molecule has 2 saturated carbocycles. The predicted molar refractivity (Wildman–Crippen MR) is 61.4 cm³/mol. The lowest BCUT2D eigenvalue weighted by molar-refractivity contribution is 0.309. The van der Waals surface area contributed by atoms with E-state index in [1.807, 2.05) is 0 Å². The van der Waals surface area contributed by atoms with Crippen LogP contribution in [0.3, 0.4) is 0 Å². The molecule has 1 heteroatoms. The average molecular weight is 195 g/mol. The Morgan fingerprint density at radius 3 is 2.57 bits per heavy atom. The van der Waals surface area contributed by atoms with E-state index in [-0.39, 0.29) is 0 Å². The van der Waals surface area contributed by atoms with Crippen molar-refractivity contribution in [3.63, 3.8) is 0 Å². The number of nitrogens with one attached hydrogen (secondary N) is 1. The van der Waals surface area contributed by atoms with Gasteiger partial charge in [-0.1, -0.05) is 39.0 Å². The first-order valence-electron chi connectivity index (χ1n) is 6.57. The van der Waals surface area contributed by atoms with E-state index in [2.05, 4.69) is 19.2 Å². The fraction of sp³-hybridized carbons (Fsp3) is 1.00. The van der Waals surface area contributed by atoms with Crippen LogP contribution >= 0.6 is 0 Å². The van der Waals surface area contributed by atoms with Gasteiger partial charge in [0.25, 0.3) is 0 Å². The fourth-order valence-electron chi connectivity index (χ4n) is 2.97. The molecule has 0 spiro atoms. The minimum absolute atomic E-state index is 0.730. The van der Waals surface area contributed by atoms with Gasteiger partial charge >= 0.3 is 0 Å². The third-order valence-corrected chi connectivity index (χ3v) is 4.21. The summed E-state index contributed by atoms with van der Waals surface area (Å²) in [5.41, 5.74) is 0. The Kier molecular flexibility index (Phi) is 3.48. The highest BCUT2D eigenvalue weighted by Gasteiger charge is 2.42. The van der Waals surface area contributed by atoms with Crippen LogP contribution in [0.2, 0.25) is 0 Å². The second-order valence-corrected chi connectivity index (χ2v) is 5.38. The van der Waals surface area contributed by atoms with Crippen LogP contribution < -0.4 is 5.32 Å². The van der Waals surface area contributed by atoms with Gasteiger partial charge in [-0.05, 0) is 31.6 Å². The summed E-state index contributed by atoms with van der Waals surface area (Å²) in [4.78, 5) is 0. The molecule has 0 aliphatic heterocycles. The molecule has 82 valence electrons. The van der Waals surface area contributed by atoms with E-state index in [0.717, 1.165) is 23.9 Å². The molecular formula is C13H25N. The maximum Gasteiger partial charge on any atom is 0.0104 e. The van der Waals surface area contributed by atoms with Crippen LogP contribution in [-0.4, -0.2) is 12.1 Å². The summed E-state index contributed by atoms with van der Waals surface area (Å²) in [6, 6.07) is 1.61. The van der Waals surface area contributed by atoms with E-state index in [1.54, 1.807) is 0 Å². The van der Waals surface area contributed by atoms with E-state index < -0.39 is 0 Å². The topological polar surface area (TPSA) is 12.0 Å². The Morgan fingerprint density at radius 1 is 1.21 bits per heavy atom. The van der Waals surface area contributed by atoms with Crippen LogP contribution in [-0.2, 0) is 0 Å². The molecular weight excluding hydrogens is 170 g/mol. The van der Waals surface area contributed by atoms with Crippen molar-refractivity contribution in [1.29, 1.82) is 0 Å².